The SMILES string of the molecule is N[C@H](C(=O)N1[C@H](C(=O)O)C[C@@H]2C[C@@H]21)C1CC2CCC(C1)N2C(=O)c1ccc2c(c1)OCO2. The third-order valence-electron chi connectivity index (χ3n) is 8.06. The number of hydrogen-bond acceptors (Lipinski definition) is 6. The van der Waals surface area contributed by atoms with E-state index in [0.29, 0.717) is 42.2 Å². The van der Waals surface area contributed by atoms with Crippen molar-refractivity contribution < 1.29 is 29.0 Å². The molecule has 2 unspecified atom stereocenters. The Morgan fingerprint density at radius 3 is 2.44 bits per heavy atom. The number of carboxylic acid groups (broad SMARTS) is 1. The van der Waals surface area contributed by atoms with Crippen molar-refractivity contribution in [1.82, 2.24) is 9.80 Å². The van der Waals surface area contributed by atoms with E-state index in [0.717, 1.165) is 19.3 Å². The number of likely N-dealkylation sites (tertiary alicyclic amines) is 1. The van der Waals surface area contributed by atoms with Crippen LogP contribution in [0.4, 0.5) is 0 Å². The Balaban J connectivity index is 1.16. The van der Waals surface area contributed by atoms with Gasteiger partial charge in [-0.1, -0.05) is 0 Å². The number of fused-ring (bicyclic) bond motifs is 4. The van der Waals surface area contributed by atoms with Gasteiger partial charge in [-0.3, -0.25) is 9.59 Å². The van der Waals surface area contributed by atoms with Crippen LogP contribution >= 0.6 is 0 Å². The number of rotatable bonds is 4. The number of carbonyl (C=O) groups excluding carboxylic acids is 2. The van der Waals surface area contributed by atoms with E-state index in [2.05, 4.69) is 0 Å². The Morgan fingerprint density at radius 1 is 1.00 bits per heavy atom. The molecule has 0 radical (unpaired) electrons. The maximum absolute atomic E-state index is 13.3. The van der Waals surface area contributed by atoms with Gasteiger partial charge in [0, 0.05) is 23.7 Å². The second-order valence-electron chi connectivity index (χ2n) is 9.82. The van der Waals surface area contributed by atoms with Gasteiger partial charge in [0.2, 0.25) is 12.7 Å². The smallest absolute Gasteiger partial charge is 0.326 e. The van der Waals surface area contributed by atoms with Gasteiger partial charge in [-0.2, -0.15) is 0 Å². The molecule has 6 atom stereocenters. The molecule has 0 spiro atoms. The zero-order valence-corrected chi connectivity index (χ0v) is 17.7. The molecule has 1 aliphatic carbocycles. The number of aliphatic carboxylic acids is 1. The van der Waals surface area contributed by atoms with Crippen LogP contribution in [0.15, 0.2) is 18.2 Å². The van der Waals surface area contributed by atoms with E-state index in [4.69, 9.17) is 15.2 Å². The summed E-state index contributed by atoms with van der Waals surface area (Å²) in [5, 5.41) is 9.52. The van der Waals surface area contributed by atoms with Crippen LogP contribution in [0.1, 0.15) is 48.9 Å². The quantitative estimate of drug-likeness (QED) is 0.720. The molecule has 9 heteroatoms. The molecule has 1 saturated carbocycles. The van der Waals surface area contributed by atoms with Crippen molar-refractivity contribution in [1.29, 1.82) is 0 Å². The van der Waals surface area contributed by atoms with E-state index in [1.165, 1.54) is 0 Å². The largest absolute Gasteiger partial charge is 0.480 e. The number of nitrogens with zero attached hydrogens (tertiary/aromatic N) is 2. The van der Waals surface area contributed by atoms with Crippen LogP contribution in [0.5, 0.6) is 11.5 Å². The molecule has 4 aliphatic heterocycles. The molecule has 1 aromatic carbocycles. The van der Waals surface area contributed by atoms with Gasteiger partial charge in [0.05, 0.1) is 6.04 Å². The average Bonchev–Trinajstić information content (AvgIpc) is 3.10. The van der Waals surface area contributed by atoms with Crippen molar-refractivity contribution in [2.75, 3.05) is 6.79 Å². The fraction of sp³-hybridized carbons (Fsp3) is 0.609. The summed E-state index contributed by atoms with van der Waals surface area (Å²) < 4.78 is 10.8. The van der Waals surface area contributed by atoms with Crippen molar-refractivity contribution in [3.05, 3.63) is 23.8 Å². The zero-order chi connectivity index (χ0) is 22.1. The Labute approximate surface area is 185 Å². The summed E-state index contributed by atoms with van der Waals surface area (Å²) >= 11 is 0. The van der Waals surface area contributed by atoms with Crippen LogP contribution in [-0.4, -0.2) is 69.7 Å². The summed E-state index contributed by atoms with van der Waals surface area (Å²) in [5.74, 6) is 0.289. The number of benzene rings is 1. The first-order valence-electron chi connectivity index (χ1n) is 11.4. The lowest BCUT2D eigenvalue weighted by Gasteiger charge is -2.41. The highest BCUT2D eigenvalue weighted by atomic mass is 16.7. The molecule has 3 N–H and O–H groups in total. The van der Waals surface area contributed by atoms with Crippen LogP contribution in [0.2, 0.25) is 0 Å². The van der Waals surface area contributed by atoms with E-state index < -0.39 is 18.1 Å². The molecule has 170 valence electrons. The van der Waals surface area contributed by atoms with Gasteiger partial charge < -0.3 is 30.1 Å². The third-order valence-corrected chi connectivity index (χ3v) is 8.06. The summed E-state index contributed by atoms with van der Waals surface area (Å²) in [5.41, 5.74) is 7.02. The summed E-state index contributed by atoms with van der Waals surface area (Å²) in [6.07, 6.45) is 4.54. The number of carbonyl (C=O) groups is 3. The number of ether oxygens (including phenoxy) is 2. The third kappa shape index (κ3) is 2.97. The number of amides is 2. The van der Waals surface area contributed by atoms with Gasteiger partial charge in [-0.15, -0.1) is 0 Å². The molecule has 2 amide bonds. The van der Waals surface area contributed by atoms with Gasteiger partial charge in [0.1, 0.15) is 6.04 Å². The van der Waals surface area contributed by atoms with Crippen LogP contribution in [0.25, 0.3) is 0 Å². The normalized spacial score (nSPS) is 34.9. The standard InChI is InChI=1S/C23H27N3O6/c24-20(22(28)26-16-7-12(16)8-17(26)23(29)30)13-5-14-2-3-15(6-13)25(14)21(27)11-1-4-18-19(9-11)32-10-31-18/h1,4,9,12-17,20H,2-3,5-8,10,24H2,(H,29,30)/t12-,13?,14?,15?,16-,17-,20-/m0/s1. The Hall–Kier alpha value is -2.81. The first-order valence-corrected chi connectivity index (χ1v) is 11.4. The van der Waals surface area contributed by atoms with Crippen molar-refractivity contribution in [3.63, 3.8) is 0 Å². The summed E-state index contributed by atoms with van der Waals surface area (Å²) in [7, 11) is 0. The minimum absolute atomic E-state index is 0.0274. The van der Waals surface area contributed by atoms with Gasteiger partial charge in [0.15, 0.2) is 11.5 Å². The topological polar surface area (TPSA) is 122 Å². The molecule has 1 aromatic rings. The Bertz CT molecular complexity index is 984. The monoisotopic (exact) mass is 441 g/mol. The number of hydrogen-bond donors (Lipinski definition) is 2. The molecule has 0 aromatic heterocycles. The average molecular weight is 441 g/mol. The molecule has 4 heterocycles. The van der Waals surface area contributed by atoms with Gasteiger partial charge >= 0.3 is 5.97 Å². The van der Waals surface area contributed by atoms with Crippen LogP contribution < -0.4 is 15.2 Å². The van der Waals surface area contributed by atoms with Crippen molar-refractivity contribution >= 4 is 17.8 Å². The molecular weight excluding hydrogens is 414 g/mol. The first kappa shape index (κ1) is 19.8. The van der Waals surface area contributed by atoms with Crippen molar-refractivity contribution in [2.45, 2.75) is 68.7 Å². The highest BCUT2D eigenvalue weighted by molar-refractivity contribution is 5.96. The fourth-order valence-electron chi connectivity index (χ4n) is 6.39. The molecule has 32 heavy (non-hydrogen) atoms. The highest BCUT2D eigenvalue weighted by Gasteiger charge is 2.57. The number of piperidine rings is 2. The van der Waals surface area contributed by atoms with E-state index in [1.54, 1.807) is 23.1 Å². The van der Waals surface area contributed by atoms with Crippen molar-refractivity contribution in [2.24, 2.45) is 17.6 Å². The van der Waals surface area contributed by atoms with E-state index in [9.17, 15) is 19.5 Å². The second kappa shape index (κ2) is 7.10. The Morgan fingerprint density at radius 2 is 1.72 bits per heavy atom. The van der Waals surface area contributed by atoms with Crippen LogP contribution in [0.3, 0.4) is 0 Å². The van der Waals surface area contributed by atoms with Crippen LogP contribution in [-0.2, 0) is 9.59 Å². The summed E-state index contributed by atoms with van der Waals surface area (Å²) in [6.45, 7) is 0.164. The highest BCUT2D eigenvalue weighted by Crippen LogP contribution is 2.49. The molecule has 6 rings (SSSR count). The molecule has 5 aliphatic rings. The number of nitrogens with two attached hydrogens (primary N) is 1. The lowest BCUT2D eigenvalue weighted by atomic mass is 9.84. The molecule has 2 bridgehead atoms. The van der Waals surface area contributed by atoms with Gasteiger partial charge in [0.25, 0.3) is 5.91 Å². The molecule has 3 saturated heterocycles. The van der Waals surface area contributed by atoms with Crippen molar-refractivity contribution in [3.8, 4) is 11.5 Å². The lowest BCUT2D eigenvalue weighted by molar-refractivity contribution is -0.150. The van der Waals surface area contributed by atoms with E-state index in [1.807, 2.05) is 4.90 Å². The summed E-state index contributed by atoms with van der Waals surface area (Å²) in [6, 6.07) is 3.91. The maximum Gasteiger partial charge on any atom is 0.326 e. The molecular formula is C23H27N3O6. The predicted molar refractivity (Wildman–Crippen MR) is 111 cm³/mol. The van der Waals surface area contributed by atoms with Gasteiger partial charge in [-0.05, 0) is 68.6 Å². The lowest BCUT2D eigenvalue weighted by Crippen LogP contribution is -2.56. The van der Waals surface area contributed by atoms with E-state index >= 15 is 0 Å². The number of carboxylic acids is 1. The molecule has 9 nitrogen and oxygen atoms in total. The maximum atomic E-state index is 13.3. The Kier molecular flexibility index (Phi) is 4.40. The molecule has 4 fully saturated rings. The summed E-state index contributed by atoms with van der Waals surface area (Å²) in [4.78, 5) is 41.6. The van der Waals surface area contributed by atoms with E-state index in [-0.39, 0.29) is 42.7 Å². The zero-order valence-electron chi connectivity index (χ0n) is 17.7. The van der Waals surface area contributed by atoms with Crippen LogP contribution in [0, 0.1) is 11.8 Å². The minimum Gasteiger partial charge on any atom is -0.480 e. The first-order chi connectivity index (χ1) is 15.4. The second-order valence-corrected chi connectivity index (χ2v) is 9.82. The fourth-order valence-corrected chi connectivity index (χ4v) is 6.39. The predicted octanol–water partition coefficient (Wildman–Crippen LogP) is 1.20. The van der Waals surface area contributed by atoms with Gasteiger partial charge in [-0.25, -0.2) is 4.79 Å². The minimum atomic E-state index is -0.943.